The third-order valence-corrected chi connectivity index (χ3v) is 3.09. The molecule has 0 aliphatic heterocycles. The molecule has 0 bridgehead atoms. The van der Waals surface area contributed by atoms with E-state index in [0.29, 0.717) is 17.3 Å². The molecule has 1 aromatic heterocycles. The zero-order valence-electron chi connectivity index (χ0n) is 12.0. The second-order valence-corrected chi connectivity index (χ2v) is 6.02. The SMILES string of the molecule is CC(C)(C)NCc1c(Cl)cccc1Oc1cccnc1. The van der Waals surface area contributed by atoms with Crippen LogP contribution < -0.4 is 10.1 Å². The molecule has 0 aliphatic rings. The maximum absolute atomic E-state index is 6.29. The minimum absolute atomic E-state index is 0.0186. The van der Waals surface area contributed by atoms with Crippen LogP contribution in [0, 0.1) is 0 Å². The molecular formula is C16H19ClN2O. The molecule has 1 N–H and O–H groups in total. The van der Waals surface area contributed by atoms with Gasteiger partial charge in [0.15, 0.2) is 0 Å². The van der Waals surface area contributed by atoms with Crippen LogP contribution >= 0.6 is 11.6 Å². The number of rotatable bonds is 4. The normalized spacial score (nSPS) is 11.4. The zero-order chi connectivity index (χ0) is 14.6. The van der Waals surface area contributed by atoms with Crippen molar-refractivity contribution in [2.45, 2.75) is 32.9 Å². The van der Waals surface area contributed by atoms with E-state index in [1.54, 1.807) is 12.4 Å². The van der Waals surface area contributed by atoms with Crippen LogP contribution in [0.5, 0.6) is 11.5 Å². The van der Waals surface area contributed by atoms with Gasteiger partial charge in [0.2, 0.25) is 0 Å². The molecule has 1 heterocycles. The van der Waals surface area contributed by atoms with Gasteiger partial charge >= 0.3 is 0 Å². The van der Waals surface area contributed by atoms with E-state index >= 15 is 0 Å². The Morgan fingerprint density at radius 3 is 2.65 bits per heavy atom. The lowest BCUT2D eigenvalue weighted by Crippen LogP contribution is -2.35. The van der Waals surface area contributed by atoms with Crippen molar-refractivity contribution in [3.63, 3.8) is 0 Å². The van der Waals surface area contributed by atoms with Gasteiger partial charge in [0.05, 0.1) is 6.20 Å². The lowest BCUT2D eigenvalue weighted by atomic mass is 10.1. The summed E-state index contributed by atoms with van der Waals surface area (Å²) >= 11 is 6.29. The van der Waals surface area contributed by atoms with E-state index < -0.39 is 0 Å². The van der Waals surface area contributed by atoms with Crippen LogP contribution in [0.15, 0.2) is 42.7 Å². The van der Waals surface area contributed by atoms with E-state index in [9.17, 15) is 0 Å². The summed E-state index contributed by atoms with van der Waals surface area (Å²) in [6.45, 7) is 7.00. The van der Waals surface area contributed by atoms with Crippen molar-refractivity contribution in [3.8, 4) is 11.5 Å². The first-order valence-corrected chi connectivity index (χ1v) is 6.94. The first-order chi connectivity index (χ1) is 9.46. The second kappa shape index (κ2) is 6.25. The van der Waals surface area contributed by atoms with Gasteiger partial charge in [-0.1, -0.05) is 17.7 Å². The average molecular weight is 291 g/mol. The molecule has 0 radical (unpaired) electrons. The van der Waals surface area contributed by atoms with Crippen molar-refractivity contribution in [1.29, 1.82) is 0 Å². The van der Waals surface area contributed by atoms with Crippen LogP contribution in [0.2, 0.25) is 5.02 Å². The smallest absolute Gasteiger partial charge is 0.145 e. The molecule has 0 unspecified atom stereocenters. The molecule has 0 saturated carbocycles. The van der Waals surface area contributed by atoms with Crippen LogP contribution in [-0.2, 0) is 6.54 Å². The Morgan fingerprint density at radius 2 is 2.00 bits per heavy atom. The Hall–Kier alpha value is -1.58. The molecule has 106 valence electrons. The topological polar surface area (TPSA) is 34.1 Å². The van der Waals surface area contributed by atoms with E-state index in [0.717, 1.165) is 11.3 Å². The molecule has 20 heavy (non-hydrogen) atoms. The van der Waals surface area contributed by atoms with Crippen LogP contribution in [-0.4, -0.2) is 10.5 Å². The van der Waals surface area contributed by atoms with Crippen molar-refractivity contribution < 1.29 is 4.74 Å². The zero-order valence-corrected chi connectivity index (χ0v) is 12.7. The van der Waals surface area contributed by atoms with Crippen LogP contribution in [0.1, 0.15) is 26.3 Å². The summed E-state index contributed by atoms with van der Waals surface area (Å²) in [4.78, 5) is 4.04. The van der Waals surface area contributed by atoms with Gasteiger partial charge in [-0.2, -0.15) is 0 Å². The standard InChI is InChI=1S/C16H19ClN2O/c1-16(2,3)19-11-13-14(17)7-4-8-15(13)20-12-6-5-9-18-10-12/h4-10,19H,11H2,1-3H3. The molecule has 1 aromatic carbocycles. The fraction of sp³-hybridized carbons (Fsp3) is 0.312. The second-order valence-electron chi connectivity index (χ2n) is 5.61. The van der Waals surface area contributed by atoms with Crippen molar-refractivity contribution in [1.82, 2.24) is 10.3 Å². The fourth-order valence-electron chi connectivity index (χ4n) is 1.69. The lowest BCUT2D eigenvalue weighted by Gasteiger charge is -2.22. The molecule has 0 atom stereocenters. The monoisotopic (exact) mass is 290 g/mol. The number of benzene rings is 1. The summed E-state index contributed by atoms with van der Waals surface area (Å²) in [6, 6.07) is 9.38. The highest BCUT2D eigenvalue weighted by Gasteiger charge is 2.14. The fourth-order valence-corrected chi connectivity index (χ4v) is 1.93. The van der Waals surface area contributed by atoms with Gasteiger partial charge in [-0.3, -0.25) is 4.98 Å². The molecule has 4 heteroatoms. The Kier molecular flexibility index (Phi) is 4.63. The van der Waals surface area contributed by atoms with Crippen LogP contribution in [0.3, 0.4) is 0 Å². The lowest BCUT2D eigenvalue weighted by molar-refractivity contribution is 0.414. The highest BCUT2D eigenvalue weighted by molar-refractivity contribution is 6.31. The molecular weight excluding hydrogens is 272 g/mol. The highest BCUT2D eigenvalue weighted by atomic mass is 35.5. The summed E-state index contributed by atoms with van der Waals surface area (Å²) in [6.07, 6.45) is 3.40. The predicted molar refractivity (Wildman–Crippen MR) is 82.4 cm³/mol. The summed E-state index contributed by atoms with van der Waals surface area (Å²) in [5.41, 5.74) is 0.970. The summed E-state index contributed by atoms with van der Waals surface area (Å²) in [7, 11) is 0. The Bertz CT molecular complexity index is 564. The van der Waals surface area contributed by atoms with E-state index in [2.05, 4.69) is 31.1 Å². The molecule has 0 fully saturated rings. The molecule has 0 amide bonds. The maximum atomic E-state index is 6.29. The highest BCUT2D eigenvalue weighted by Crippen LogP contribution is 2.30. The van der Waals surface area contributed by atoms with Gasteiger partial charge in [-0.15, -0.1) is 0 Å². The van der Waals surface area contributed by atoms with Gasteiger partial charge in [-0.05, 0) is 45.0 Å². The van der Waals surface area contributed by atoms with Crippen LogP contribution in [0.4, 0.5) is 0 Å². The number of nitrogens with zero attached hydrogens (tertiary/aromatic N) is 1. The minimum atomic E-state index is 0.0186. The number of nitrogens with one attached hydrogen (secondary N) is 1. The minimum Gasteiger partial charge on any atom is -0.455 e. The largest absolute Gasteiger partial charge is 0.455 e. The van der Waals surface area contributed by atoms with E-state index in [-0.39, 0.29) is 5.54 Å². The Morgan fingerprint density at radius 1 is 1.20 bits per heavy atom. The van der Waals surface area contributed by atoms with Gasteiger partial charge in [-0.25, -0.2) is 0 Å². The molecule has 3 nitrogen and oxygen atoms in total. The maximum Gasteiger partial charge on any atom is 0.145 e. The quantitative estimate of drug-likeness (QED) is 0.905. The first-order valence-electron chi connectivity index (χ1n) is 6.56. The molecule has 0 spiro atoms. The number of pyridine rings is 1. The van der Waals surface area contributed by atoms with Crippen molar-refractivity contribution >= 4 is 11.6 Å². The number of aromatic nitrogens is 1. The number of halogens is 1. The number of ether oxygens (including phenoxy) is 1. The molecule has 2 rings (SSSR count). The van der Waals surface area contributed by atoms with E-state index in [4.69, 9.17) is 16.3 Å². The third-order valence-electron chi connectivity index (χ3n) is 2.73. The summed E-state index contributed by atoms with van der Waals surface area (Å²) < 4.78 is 5.87. The summed E-state index contributed by atoms with van der Waals surface area (Å²) in [5, 5.41) is 4.12. The average Bonchev–Trinajstić information content (AvgIpc) is 2.38. The molecule has 0 saturated heterocycles. The van der Waals surface area contributed by atoms with Gasteiger partial charge in [0.1, 0.15) is 11.5 Å². The predicted octanol–water partition coefficient (Wildman–Crippen LogP) is 4.42. The third kappa shape index (κ3) is 4.22. The number of hydrogen-bond acceptors (Lipinski definition) is 3. The first kappa shape index (κ1) is 14.8. The van der Waals surface area contributed by atoms with Gasteiger partial charge in [0.25, 0.3) is 0 Å². The van der Waals surface area contributed by atoms with Gasteiger partial charge < -0.3 is 10.1 Å². The Labute approximate surface area is 124 Å². The van der Waals surface area contributed by atoms with Crippen molar-refractivity contribution in [3.05, 3.63) is 53.3 Å². The van der Waals surface area contributed by atoms with E-state index in [1.807, 2.05) is 30.3 Å². The van der Waals surface area contributed by atoms with Gasteiger partial charge in [0, 0.05) is 28.9 Å². The molecule has 0 aliphatic carbocycles. The Balaban J connectivity index is 2.22. The van der Waals surface area contributed by atoms with Crippen molar-refractivity contribution in [2.75, 3.05) is 0 Å². The van der Waals surface area contributed by atoms with Crippen molar-refractivity contribution in [2.24, 2.45) is 0 Å². The molecule has 2 aromatic rings. The van der Waals surface area contributed by atoms with E-state index in [1.165, 1.54) is 0 Å². The number of hydrogen-bond donors (Lipinski definition) is 1. The van der Waals surface area contributed by atoms with Crippen LogP contribution in [0.25, 0.3) is 0 Å². The summed E-state index contributed by atoms with van der Waals surface area (Å²) in [5.74, 6) is 1.45.